The molecule has 798 valence electrons. The predicted molar refractivity (Wildman–Crippen MR) is 534 cm³/mol. The van der Waals surface area contributed by atoms with E-state index in [-0.39, 0.29) is 216 Å². The maximum Gasteiger partial charge on any atom is 0.274 e. The summed E-state index contributed by atoms with van der Waals surface area (Å²) in [4.78, 5) is 201. The first-order valence-corrected chi connectivity index (χ1v) is 50.2. The summed E-state index contributed by atoms with van der Waals surface area (Å²) in [6.45, 7) is 18.7. The zero-order valence-corrected chi connectivity index (χ0v) is 86.4. The molecule has 9 amide bonds. The standard InChI is InChI=1S/C22H23F2N3O4.C21H22F2N4O4.C21H21F2N3O5.C13H15IN2O4.C13H16N2O4.C13H16N2O3/c1-4-26-10-14-7-11(2)17-16(19(28)20(31-3)18(22(26)30)27(14)17)21(29)25-9-12-5-6-13(23)8-15(12)24;1-3-26-9-12-7-14(24)16-15(18(28)19(31-2)17(21(26)30)27(12)16)20(29)25-8-10-4-5-11(22)6-13(10)23;1-3-25-9-12-7-14(27)16-15(18(28)19(31-2)17(21(25)30)26(12)16)20(29)24-8-10-4-5-11(22)6-13(10)23;1-3-15-5-6-4-7(17)9-8(14)11(18)12(20-2)10(13(15)19)16(6)9;1-3-14-6-7-4-9(16)8-5-10(17)12(19-2)11(13(14)18)15(7)8;1-3-14-7-9-5-4-8-6-10(16)12(18-2)11(13(14)17)15(8)9/h5-6,8,11,14H,4,7,9-10H2,1-3H3,(H,25,29);4-6,12,14H,3,7-9,24H2,1-2H3,(H,25,29);4-6,12,14,27H,3,7-9H2,1-2H3,(H,24,29);6-7,17H,3-5H2,1-2H3;5,7,9,16H,3-4,6H2,1-2H3;6,9H,3-5,7H2,1-2H3/t11?,14-;2*12-,14?;6-,7?;7-,9?;9-/m111111/s1. The molecule has 0 radical (unpaired) electrons. The highest BCUT2D eigenvalue weighted by atomic mass is 127. The fourth-order valence-electron chi connectivity index (χ4n) is 22.6. The first kappa shape index (κ1) is 108. The number of nitrogens with one attached hydrogen (secondary N) is 3. The van der Waals surface area contributed by atoms with Crippen molar-refractivity contribution >= 4 is 75.8 Å². The van der Waals surface area contributed by atoms with E-state index in [1.807, 2.05) is 68.7 Å². The van der Waals surface area contributed by atoms with Crippen LogP contribution in [0.1, 0.15) is 298 Å². The Morgan fingerprint density at radius 1 is 0.360 bits per heavy atom. The predicted octanol–water partition coefficient (Wildman–Crippen LogP) is 7.64. The molecule has 8 N–H and O–H groups in total. The van der Waals surface area contributed by atoms with Crippen LogP contribution in [0, 0.1) is 38.5 Å². The summed E-state index contributed by atoms with van der Waals surface area (Å²) in [5.74, 6) is -8.95. The Morgan fingerprint density at radius 3 is 1.03 bits per heavy atom. The minimum atomic E-state index is -1.13. The number of carbonyl (C=O) groups is 9. The number of nitrogens with two attached hydrogens (primary N) is 1. The lowest BCUT2D eigenvalue weighted by atomic mass is 9.99. The molecule has 40 nitrogen and oxygen atoms in total. The summed E-state index contributed by atoms with van der Waals surface area (Å²) in [6.07, 6.45) is 1.76. The largest absolute Gasteiger partial charge is 0.491 e. The third-order valence-electron chi connectivity index (χ3n) is 29.5. The summed E-state index contributed by atoms with van der Waals surface area (Å²) in [6, 6.07) is 11.1. The molecule has 0 fully saturated rings. The summed E-state index contributed by atoms with van der Waals surface area (Å²) >= 11 is 1.93. The van der Waals surface area contributed by atoms with Gasteiger partial charge in [-0.3, -0.25) is 71.9 Å². The normalized spacial score (nSPS) is 20.9. The van der Waals surface area contributed by atoms with E-state index in [2.05, 4.69) is 16.0 Å². The molecule has 0 spiro atoms. The number of amides is 9. The second-order valence-electron chi connectivity index (χ2n) is 37.8. The Kier molecular flexibility index (Phi) is 31.5. The minimum Gasteiger partial charge on any atom is -0.491 e. The number of carbonyl (C=O) groups excluding carboxylic acids is 9. The van der Waals surface area contributed by atoms with Crippen LogP contribution >= 0.6 is 22.6 Å². The molecule has 12 aliphatic rings. The first-order chi connectivity index (χ1) is 71.6. The van der Waals surface area contributed by atoms with Crippen molar-refractivity contribution in [3.63, 3.8) is 0 Å². The van der Waals surface area contributed by atoms with E-state index in [1.54, 1.807) is 60.7 Å². The Labute approximate surface area is 866 Å². The summed E-state index contributed by atoms with van der Waals surface area (Å²) in [7, 11) is 8.02. The molecule has 9 aromatic rings. The fraction of sp³-hybridized carbons (Fsp3) is 0.447. The van der Waals surface area contributed by atoms with Crippen molar-refractivity contribution < 1.29 is 113 Å². The van der Waals surface area contributed by atoms with Crippen LogP contribution in [-0.4, -0.2) is 246 Å². The number of aryl methyl sites for hydroxylation is 1. The van der Waals surface area contributed by atoms with Crippen molar-refractivity contribution in [3.8, 4) is 34.5 Å². The quantitative estimate of drug-likeness (QED) is 0.0268. The van der Waals surface area contributed by atoms with Gasteiger partial charge in [0.15, 0.2) is 68.7 Å². The molecule has 21 rings (SSSR count). The van der Waals surface area contributed by atoms with Gasteiger partial charge < -0.3 is 122 Å². The maximum atomic E-state index is 13.9. The molecule has 0 aliphatic carbocycles. The average molecular weight is 2200 g/mol. The highest BCUT2D eigenvalue weighted by Gasteiger charge is 2.51. The topological polar surface area (TPSA) is 483 Å². The Morgan fingerprint density at radius 2 is 0.653 bits per heavy atom. The van der Waals surface area contributed by atoms with Gasteiger partial charge in [-0.1, -0.05) is 25.1 Å². The van der Waals surface area contributed by atoms with Gasteiger partial charge >= 0.3 is 0 Å². The minimum absolute atomic E-state index is 0.00988. The highest BCUT2D eigenvalue weighted by molar-refractivity contribution is 14.1. The SMILES string of the molecule is CCN1C[C@H]2CC(C)c3c(C(=O)NCc4ccc(F)cc4F)c(=O)c(OC)c(n32)C1=O.CCN1C[C@H]2CC(N)c3c(C(=O)NCc4ccc(F)cc4F)c(=O)c(OC)c(n32)C1=O.CCN1C[C@H]2CC(O)c3c(C(=O)NCc4ccc(F)cc4F)c(=O)c(OC)c(n32)C1=O.CCN1C[C@H]2CC(O)c3c(I)c(=O)c(OC)c(n32)C1=O.CCN1C[C@H]2CC(O)c3cc(=O)c(OC)c(n32)C1=O.CCN1C[C@H]2CCc3cc(=O)c(OC)c(n32)C1=O. The van der Waals surface area contributed by atoms with Crippen molar-refractivity contribution in [2.24, 2.45) is 5.73 Å². The van der Waals surface area contributed by atoms with E-state index in [4.69, 9.17) is 34.2 Å². The number of hydrogen-bond acceptors (Lipinski definition) is 25. The molecule has 0 saturated carbocycles. The van der Waals surface area contributed by atoms with Crippen LogP contribution in [0.2, 0.25) is 0 Å². The summed E-state index contributed by atoms with van der Waals surface area (Å²) in [5.41, 5.74) is 6.81. The van der Waals surface area contributed by atoms with Crippen LogP contribution in [0.25, 0.3) is 0 Å². The number of aromatic nitrogens is 6. The molecule has 0 bridgehead atoms. The number of likely N-dealkylation sites (N-methyl/N-ethyl adjacent to an activating group) is 6. The molecular formula is C103H113F6IN16O24. The number of ether oxygens (including phenoxy) is 6. The van der Waals surface area contributed by atoms with Crippen LogP contribution < -0.4 is 82.7 Å². The van der Waals surface area contributed by atoms with Crippen LogP contribution in [0.15, 0.2) is 95.5 Å². The van der Waals surface area contributed by atoms with E-state index < -0.39 is 99.2 Å². The van der Waals surface area contributed by atoms with Crippen molar-refractivity contribution in [3.05, 3.63) is 268 Å². The van der Waals surface area contributed by atoms with Gasteiger partial charge in [0.05, 0.1) is 124 Å². The zero-order valence-electron chi connectivity index (χ0n) is 84.3. The van der Waals surface area contributed by atoms with E-state index in [1.165, 1.54) is 71.5 Å². The number of benzene rings is 3. The van der Waals surface area contributed by atoms with Crippen molar-refractivity contribution in [2.45, 2.75) is 180 Å². The zero-order chi connectivity index (χ0) is 109. The third kappa shape index (κ3) is 18.9. The highest BCUT2D eigenvalue weighted by Crippen LogP contribution is 2.49. The second kappa shape index (κ2) is 43.6. The van der Waals surface area contributed by atoms with Crippen LogP contribution in [0.5, 0.6) is 34.5 Å². The number of nitrogens with zero attached hydrogens (tertiary/aromatic N) is 12. The van der Waals surface area contributed by atoms with Crippen molar-refractivity contribution in [1.29, 1.82) is 0 Å². The second-order valence-corrected chi connectivity index (χ2v) is 38.8. The molecule has 3 aromatic carbocycles. The van der Waals surface area contributed by atoms with Gasteiger partial charge in [0, 0.05) is 182 Å². The third-order valence-corrected chi connectivity index (χ3v) is 30.6. The molecule has 18 heterocycles. The Bertz CT molecular complexity index is 7050. The lowest BCUT2D eigenvalue weighted by molar-refractivity contribution is 0.0662. The number of rotatable bonds is 21. The van der Waals surface area contributed by atoms with Gasteiger partial charge in [0.1, 0.15) is 51.6 Å². The van der Waals surface area contributed by atoms with E-state index in [0.717, 1.165) is 49.3 Å². The van der Waals surface area contributed by atoms with Crippen molar-refractivity contribution in [2.75, 3.05) is 121 Å². The monoisotopic (exact) mass is 2200 g/mol. The number of methoxy groups -OCH3 is 6. The van der Waals surface area contributed by atoms with E-state index >= 15 is 0 Å². The Hall–Kier alpha value is -14.5. The molecule has 12 aliphatic heterocycles. The van der Waals surface area contributed by atoms with E-state index in [9.17, 15) is 114 Å². The number of aliphatic hydroxyl groups is 3. The molecule has 11 atom stereocenters. The first-order valence-electron chi connectivity index (χ1n) is 49.1. The molecule has 150 heavy (non-hydrogen) atoms. The number of aliphatic hydroxyl groups excluding tert-OH is 3. The lowest BCUT2D eigenvalue weighted by Gasteiger charge is -2.34. The molecule has 6 aromatic heterocycles. The maximum absolute atomic E-state index is 13.9. The molecule has 5 unspecified atom stereocenters. The van der Waals surface area contributed by atoms with Crippen molar-refractivity contribution in [1.82, 2.24) is 72.8 Å². The number of halogens is 7. The molecular weight excluding hydrogens is 2090 g/mol. The van der Waals surface area contributed by atoms with Gasteiger partial charge in [-0.05, 0) is 114 Å². The molecule has 47 heteroatoms. The smallest absolute Gasteiger partial charge is 0.274 e. The van der Waals surface area contributed by atoms with Crippen LogP contribution in [0.4, 0.5) is 26.3 Å². The number of pyridine rings is 6. The van der Waals surface area contributed by atoms with Gasteiger partial charge in [-0.2, -0.15) is 0 Å². The lowest BCUT2D eigenvalue weighted by Crippen LogP contribution is -2.45. The van der Waals surface area contributed by atoms with Gasteiger partial charge in [0.25, 0.3) is 53.2 Å². The molecule has 0 saturated heterocycles. The van der Waals surface area contributed by atoms with Gasteiger partial charge in [-0.25, -0.2) is 26.3 Å². The van der Waals surface area contributed by atoms with Gasteiger partial charge in [-0.15, -0.1) is 0 Å². The van der Waals surface area contributed by atoms with Crippen LogP contribution in [-0.2, 0) is 26.1 Å². The fourth-order valence-corrected chi connectivity index (χ4v) is 23.4. The van der Waals surface area contributed by atoms with Crippen LogP contribution in [0.3, 0.4) is 0 Å². The van der Waals surface area contributed by atoms with Gasteiger partial charge in [0.2, 0.25) is 32.6 Å². The average Bonchev–Trinajstić information content (AvgIpc) is 1.56. The summed E-state index contributed by atoms with van der Waals surface area (Å²) in [5, 5.41) is 38.4. The number of hydrogen-bond donors (Lipinski definition) is 7. The van der Waals surface area contributed by atoms with E-state index in [0.29, 0.717) is 142 Å². The summed E-state index contributed by atoms with van der Waals surface area (Å²) < 4.78 is 123. The Balaban J connectivity index is 0.000000130.